The number of fused-ring (bicyclic) bond motifs is 6. The molecule has 3 aromatic carbocycles. The van der Waals surface area contributed by atoms with Crippen molar-refractivity contribution in [2.75, 3.05) is 0 Å². The summed E-state index contributed by atoms with van der Waals surface area (Å²) in [6.45, 7) is 7.43. The lowest BCUT2D eigenvalue weighted by molar-refractivity contribution is -0.178. The van der Waals surface area contributed by atoms with Crippen LogP contribution in [0.4, 0.5) is 0 Å². The predicted octanol–water partition coefficient (Wildman–Crippen LogP) is 4.52. The van der Waals surface area contributed by atoms with Gasteiger partial charge in [-0.15, -0.1) is 0 Å². The first-order valence-electron chi connectivity index (χ1n) is 16.9. The molecule has 5 unspecified atom stereocenters. The topological polar surface area (TPSA) is 192 Å². The molecule has 0 radical (unpaired) electrons. The second kappa shape index (κ2) is 12.9. The molecule has 1 aliphatic heterocycles. The average Bonchev–Trinajstić information content (AvgIpc) is 3.35. The van der Waals surface area contributed by atoms with Crippen molar-refractivity contribution in [1.82, 2.24) is 0 Å². The van der Waals surface area contributed by atoms with Crippen LogP contribution in [0.25, 0.3) is 0 Å². The molecule has 0 amide bonds. The van der Waals surface area contributed by atoms with E-state index in [0.29, 0.717) is 11.1 Å². The minimum atomic E-state index is -1.59. The molecule has 3 aromatic rings. The van der Waals surface area contributed by atoms with Crippen molar-refractivity contribution in [1.29, 1.82) is 0 Å². The maximum absolute atomic E-state index is 14.8. The van der Waals surface area contributed by atoms with Crippen LogP contribution in [0.1, 0.15) is 111 Å². The van der Waals surface area contributed by atoms with Gasteiger partial charge in [0.25, 0.3) is 0 Å². The minimum Gasteiger partial charge on any atom is -0.457 e. The Morgan fingerprint density at radius 2 is 1.31 bits per heavy atom. The summed E-state index contributed by atoms with van der Waals surface area (Å²) < 4.78 is 34.4. The molecule has 0 fully saturated rings. The van der Waals surface area contributed by atoms with Gasteiger partial charge in [0.1, 0.15) is 28.9 Å². The van der Waals surface area contributed by atoms with E-state index < -0.39 is 77.0 Å². The van der Waals surface area contributed by atoms with Crippen LogP contribution < -0.4 is 14.2 Å². The number of ether oxygens (including phenoxy) is 6. The summed E-state index contributed by atoms with van der Waals surface area (Å²) in [4.78, 5) is 106. The van der Waals surface area contributed by atoms with Gasteiger partial charge in [0.15, 0.2) is 18.0 Å². The Balaban J connectivity index is 1.56. The standard InChI is InChI=1S/C40H32O14/c1-16-12-24-32(28(13-16)51-19(4)43)39(48)54-38-27(50-18(3)42)11-10-25-30-22(15-40(25,38)37(24)53-21(6)45)14-29(52-20(5)44)33-34(30)35(46)23-8-7-9-26(49-17(2)41)31(23)36(33)47/h7-14,25,27,37-38H,15H2,1-6H3. The highest BCUT2D eigenvalue weighted by Crippen LogP contribution is 2.65. The molecule has 0 saturated heterocycles. The van der Waals surface area contributed by atoms with Crippen LogP contribution >= 0.6 is 0 Å². The largest absolute Gasteiger partial charge is 0.457 e. The molecule has 4 aliphatic rings. The molecule has 3 aliphatic carbocycles. The summed E-state index contributed by atoms with van der Waals surface area (Å²) in [5.74, 6) is -7.73. The van der Waals surface area contributed by atoms with Gasteiger partial charge in [0.05, 0.1) is 16.5 Å². The number of carbonyl (C=O) groups excluding carboxylic acids is 8. The molecular formula is C40H32O14. The van der Waals surface area contributed by atoms with Gasteiger partial charge in [0, 0.05) is 57.2 Å². The van der Waals surface area contributed by atoms with Crippen LogP contribution in [0.5, 0.6) is 17.2 Å². The zero-order chi connectivity index (χ0) is 39.0. The molecule has 0 aromatic heterocycles. The van der Waals surface area contributed by atoms with Gasteiger partial charge in [-0.1, -0.05) is 24.3 Å². The number of rotatable bonds is 5. The zero-order valence-corrected chi connectivity index (χ0v) is 29.9. The quantitative estimate of drug-likeness (QED) is 0.120. The molecular weight excluding hydrogens is 704 g/mol. The molecule has 276 valence electrons. The van der Waals surface area contributed by atoms with E-state index >= 15 is 0 Å². The fourth-order valence-electron chi connectivity index (χ4n) is 8.39. The Morgan fingerprint density at radius 3 is 1.94 bits per heavy atom. The predicted molar refractivity (Wildman–Crippen MR) is 182 cm³/mol. The fraction of sp³-hybridized carbons (Fsp3) is 0.300. The Kier molecular flexibility index (Phi) is 8.58. The number of benzene rings is 3. The fourth-order valence-corrected chi connectivity index (χ4v) is 8.39. The Labute approximate surface area is 307 Å². The highest BCUT2D eigenvalue weighted by molar-refractivity contribution is 6.31. The number of hydrogen-bond acceptors (Lipinski definition) is 14. The van der Waals surface area contributed by atoms with Gasteiger partial charge in [-0.3, -0.25) is 33.6 Å². The molecule has 14 heteroatoms. The van der Waals surface area contributed by atoms with E-state index in [1.807, 2.05) is 0 Å². The van der Waals surface area contributed by atoms with Crippen molar-refractivity contribution in [3.05, 3.63) is 98.6 Å². The van der Waals surface area contributed by atoms with Gasteiger partial charge >= 0.3 is 35.8 Å². The zero-order valence-electron chi connectivity index (χ0n) is 29.9. The first-order valence-corrected chi connectivity index (χ1v) is 16.9. The van der Waals surface area contributed by atoms with Crippen LogP contribution in [0, 0.1) is 12.3 Å². The number of esters is 6. The Bertz CT molecular complexity index is 2310. The molecule has 54 heavy (non-hydrogen) atoms. The lowest BCUT2D eigenvalue weighted by Crippen LogP contribution is -2.54. The van der Waals surface area contributed by atoms with Gasteiger partial charge in [0.2, 0.25) is 5.78 Å². The van der Waals surface area contributed by atoms with E-state index in [4.69, 9.17) is 28.4 Å². The van der Waals surface area contributed by atoms with E-state index in [2.05, 4.69) is 0 Å². The summed E-state index contributed by atoms with van der Waals surface area (Å²) in [5, 5.41) is 0. The summed E-state index contributed by atoms with van der Waals surface area (Å²) in [5.41, 5.74) is -1.17. The van der Waals surface area contributed by atoms with Crippen molar-refractivity contribution >= 4 is 47.4 Å². The Hall–Kier alpha value is -6.44. The lowest BCUT2D eigenvalue weighted by atomic mass is 9.61. The molecule has 7 rings (SSSR count). The minimum absolute atomic E-state index is 0.0840. The highest BCUT2D eigenvalue weighted by atomic mass is 16.6. The van der Waals surface area contributed by atoms with E-state index in [1.54, 1.807) is 19.1 Å². The summed E-state index contributed by atoms with van der Waals surface area (Å²) in [6.07, 6.45) is -1.03. The van der Waals surface area contributed by atoms with Gasteiger partial charge in [-0.05, 0) is 54.3 Å². The third-order valence-electron chi connectivity index (χ3n) is 9.91. The number of hydrogen-bond donors (Lipinski definition) is 0. The smallest absolute Gasteiger partial charge is 0.342 e. The first-order chi connectivity index (χ1) is 25.5. The van der Waals surface area contributed by atoms with E-state index in [1.165, 1.54) is 50.3 Å². The van der Waals surface area contributed by atoms with Crippen molar-refractivity contribution in [3.63, 3.8) is 0 Å². The first kappa shape index (κ1) is 35.9. The van der Waals surface area contributed by atoms with Crippen LogP contribution in [0.3, 0.4) is 0 Å². The van der Waals surface area contributed by atoms with Crippen LogP contribution in [0.15, 0.2) is 48.6 Å². The van der Waals surface area contributed by atoms with Crippen molar-refractivity contribution in [2.45, 2.75) is 72.2 Å². The van der Waals surface area contributed by atoms with E-state index in [9.17, 15) is 38.4 Å². The van der Waals surface area contributed by atoms with Crippen molar-refractivity contribution in [3.8, 4) is 17.2 Å². The van der Waals surface area contributed by atoms with Crippen molar-refractivity contribution < 1.29 is 66.8 Å². The molecule has 14 nitrogen and oxygen atoms in total. The third-order valence-corrected chi connectivity index (χ3v) is 9.91. The van der Waals surface area contributed by atoms with Crippen LogP contribution in [0.2, 0.25) is 0 Å². The lowest BCUT2D eigenvalue weighted by Gasteiger charge is -2.48. The number of carbonyl (C=O) groups is 8. The van der Waals surface area contributed by atoms with Crippen LogP contribution in [-0.2, 0) is 44.6 Å². The SMILES string of the molecule is CC(=O)Oc1cccc2c1C(=O)c1c(OC(C)=O)cc3c(c1C2=O)C1C=CC(OC(C)=O)C2OC(=O)c4c(OC(C)=O)cc(C)cc4C(OC(C)=O)C12C3. The number of ketones is 2. The van der Waals surface area contributed by atoms with Gasteiger partial charge < -0.3 is 28.4 Å². The molecule has 0 saturated carbocycles. The molecule has 5 atom stereocenters. The number of aryl methyl sites for hydroxylation is 1. The molecule has 0 N–H and O–H groups in total. The maximum Gasteiger partial charge on any atom is 0.342 e. The monoisotopic (exact) mass is 736 g/mol. The molecule has 1 heterocycles. The highest BCUT2D eigenvalue weighted by Gasteiger charge is 2.66. The summed E-state index contributed by atoms with van der Waals surface area (Å²) in [7, 11) is 0. The second-order valence-corrected chi connectivity index (χ2v) is 13.6. The van der Waals surface area contributed by atoms with E-state index in [-0.39, 0.29) is 62.6 Å². The average molecular weight is 737 g/mol. The third kappa shape index (κ3) is 5.56. The van der Waals surface area contributed by atoms with E-state index in [0.717, 1.165) is 20.8 Å². The molecule has 0 bridgehead atoms. The Morgan fingerprint density at radius 1 is 0.685 bits per heavy atom. The van der Waals surface area contributed by atoms with Crippen molar-refractivity contribution in [2.24, 2.45) is 5.41 Å². The maximum atomic E-state index is 14.8. The second-order valence-electron chi connectivity index (χ2n) is 13.6. The number of allylic oxidation sites excluding steroid dienone is 1. The molecule has 1 spiro atoms. The summed E-state index contributed by atoms with van der Waals surface area (Å²) >= 11 is 0. The van der Waals surface area contributed by atoms with Gasteiger partial charge in [-0.25, -0.2) is 4.79 Å². The van der Waals surface area contributed by atoms with Gasteiger partial charge in [-0.2, -0.15) is 0 Å². The van der Waals surface area contributed by atoms with Crippen LogP contribution in [-0.4, -0.2) is 59.6 Å². The normalized spacial score (nSPS) is 22.8. The summed E-state index contributed by atoms with van der Waals surface area (Å²) in [6, 6.07) is 8.69.